The molecule has 5 heteroatoms. The molecule has 1 aromatic heterocycles. The molecule has 2 rings (SSSR count). The summed E-state index contributed by atoms with van der Waals surface area (Å²) in [5.41, 5.74) is 6.71. The molecule has 1 fully saturated rings. The van der Waals surface area contributed by atoms with Crippen LogP contribution in [0.4, 0.5) is 5.13 Å². The minimum absolute atomic E-state index is 0.797. The lowest BCUT2D eigenvalue weighted by Gasteiger charge is -2.34. The molecule has 0 saturated carbocycles. The quantitative estimate of drug-likeness (QED) is 0.878. The SMILES string of the molecule is Cc1nc(N2CCN(CCCN)CC2)sc1C. The molecule has 0 aromatic carbocycles. The lowest BCUT2D eigenvalue weighted by atomic mass is 10.3. The van der Waals surface area contributed by atoms with Gasteiger partial charge < -0.3 is 10.6 Å². The summed E-state index contributed by atoms with van der Waals surface area (Å²) in [5, 5.41) is 1.19. The average molecular weight is 254 g/mol. The van der Waals surface area contributed by atoms with Crippen LogP contribution in [0.1, 0.15) is 17.0 Å². The Kier molecular flexibility index (Phi) is 4.36. The summed E-state index contributed by atoms with van der Waals surface area (Å²) in [6, 6.07) is 0. The lowest BCUT2D eigenvalue weighted by molar-refractivity contribution is 0.256. The number of hydrogen-bond donors (Lipinski definition) is 1. The highest BCUT2D eigenvalue weighted by molar-refractivity contribution is 7.15. The van der Waals surface area contributed by atoms with Crippen molar-refractivity contribution < 1.29 is 0 Å². The van der Waals surface area contributed by atoms with Crippen molar-refractivity contribution in [2.24, 2.45) is 5.73 Å². The standard InChI is InChI=1S/C12H22N4S/c1-10-11(2)17-12(14-10)16-8-6-15(7-9-16)5-3-4-13/h3-9,13H2,1-2H3. The Morgan fingerprint density at radius 2 is 1.94 bits per heavy atom. The van der Waals surface area contributed by atoms with Crippen LogP contribution in [0.3, 0.4) is 0 Å². The molecule has 1 aliphatic rings. The van der Waals surface area contributed by atoms with E-state index in [2.05, 4.69) is 28.6 Å². The van der Waals surface area contributed by atoms with Crippen molar-refractivity contribution in [1.29, 1.82) is 0 Å². The van der Waals surface area contributed by atoms with Gasteiger partial charge in [-0.2, -0.15) is 0 Å². The van der Waals surface area contributed by atoms with Gasteiger partial charge in [-0.1, -0.05) is 0 Å². The van der Waals surface area contributed by atoms with E-state index >= 15 is 0 Å². The number of aryl methyl sites for hydroxylation is 2. The van der Waals surface area contributed by atoms with E-state index in [4.69, 9.17) is 5.73 Å². The van der Waals surface area contributed by atoms with Crippen LogP contribution in [0.15, 0.2) is 0 Å². The Morgan fingerprint density at radius 3 is 2.47 bits per heavy atom. The van der Waals surface area contributed by atoms with Crippen LogP contribution in [0.5, 0.6) is 0 Å². The van der Waals surface area contributed by atoms with Crippen LogP contribution in [-0.4, -0.2) is 49.2 Å². The van der Waals surface area contributed by atoms with Crippen LogP contribution >= 0.6 is 11.3 Å². The summed E-state index contributed by atoms with van der Waals surface area (Å²) >= 11 is 1.82. The number of aromatic nitrogens is 1. The Morgan fingerprint density at radius 1 is 1.24 bits per heavy atom. The van der Waals surface area contributed by atoms with Gasteiger partial charge >= 0.3 is 0 Å². The van der Waals surface area contributed by atoms with E-state index in [9.17, 15) is 0 Å². The molecular weight excluding hydrogens is 232 g/mol. The van der Waals surface area contributed by atoms with Gasteiger partial charge in [-0.15, -0.1) is 11.3 Å². The summed E-state index contributed by atoms with van der Waals surface area (Å²) in [7, 11) is 0. The normalized spacial score (nSPS) is 17.7. The number of hydrogen-bond acceptors (Lipinski definition) is 5. The summed E-state index contributed by atoms with van der Waals surface area (Å²) in [6.45, 7) is 10.6. The monoisotopic (exact) mass is 254 g/mol. The fourth-order valence-electron chi connectivity index (χ4n) is 2.07. The molecule has 1 aromatic rings. The van der Waals surface area contributed by atoms with Crippen molar-refractivity contribution in [1.82, 2.24) is 9.88 Å². The molecule has 0 atom stereocenters. The van der Waals surface area contributed by atoms with Crippen LogP contribution in [0, 0.1) is 13.8 Å². The molecule has 0 amide bonds. The Bertz CT molecular complexity index is 336. The van der Waals surface area contributed by atoms with E-state index in [1.807, 2.05) is 11.3 Å². The van der Waals surface area contributed by atoms with Gasteiger partial charge in [0.1, 0.15) is 0 Å². The van der Waals surface area contributed by atoms with Crippen LogP contribution in [-0.2, 0) is 0 Å². The second-order valence-corrected chi connectivity index (χ2v) is 5.79. The fourth-order valence-corrected chi connectivity index (χ4v) is 3.03. The van der Waals surface area contributed by atoms with Crippen molar-refractivity contribution in [2.45, 2.75) is 20.3 Å². The van der Waals surface area contributed by atoms with Crippen LogP contribution in [0.25, 0.3) is 0 Å². The maximum absolute atomic E-state index is 5.54. The number of anilines is 1. The molecule has 0 aliphatic carbocycles. The molecule has 4 nitrogen and oxygen atoms in total. The molecule has 2 heterocycles. The van der Waals surface area contributed by atoms with Gasteiger partial charge in [0.2, 0.25) is 0 Å². The van der Waals surface area contributed by atoms with Crippen LogP contribution in [0.2, 0.25) is 0 Å². The highest BCUT2D eigenvalue weighted by Gasteiger charge is 2.19. The Labute approximate surface area is 107 Å². The number of rotatable bonds is 4. The Balaban J connectivity index is 1.86. The van der Waals surface area contributed by atoms with Gasteiger partial charge in [-0.25, -0.2) is 4.98 Å². The minimum atomic E-state index is 0.797. The van der Waals surface area contributed by atoms with E-state index < -0.39 is 0 Å². The highest BCUT2D eigenvalue weighted by Crippen LogP contribution is 2.25. The van der Waals surface area contributed by atoms with Gasteiger partial charge in [-0.05, 0) is 33.4 Å². The molecule has 96 valence electrons. The third-order valence-electron chi connectivity index (χ3n) is 3.34. The summed E-state index contributed by atoms with van der Waals surface area (Å²) < 4.78 is 0. The summed E-state index contributed by atoms with van der Waals surface area (Å²) in [6.07, 6.45) is 1.11. The number of piperazine rings is 1. The van der Waals surface area contributed by atoms with Crippen molar-refractivity contribution in [3.8, 4) is 0 Å². The maximum atomic E-state index is 5.54. The smallest absolute Gasteiger partial charge is 0.185 e. The zero-order valence-electron chi connectivity index (χ0n) is 10.8. The number of nitrogens with two attached hydrogens (primary N) is 1. The van der Waals surface area contributed by atoms with Crippen molar-refractivity contribution >= 4 is 16.5 Å². The molecule has 1 saturated heterocycles. The summed E-state index contributed by atoms with van der Waals surface area (Å²) in [5.74, 6) is 0. The van der Waals surface area contributed by atoms with Gasteiger partial charge in [0.05, 0.1) is 5.69 Å². The predicted molar refractivity (Wildman–Crippen MR) is 73.9 cm³/mol. The zero-order chi connectivity index (χ0) is 12.3. The third kappa shape index (κ3) is 3.18. The first kappa shape index (κ1) is 12.8. The van der Waals surface area contributed by atoms with Crippen LogP contribution < -0.4 is 10.6 Å². The van der Waals surface area contributed by atoms with Gasteiger partial charge in [0.15, 0.2) is 5.13 Å². The number of nitrogens with zero attached hydrogens (tertiary/aromatic N) is 3. The molecule has 0 unspecified atom stereocenters. The van der Waals surface area contributed by atoms with Crippen molar-refractivity contribution in [3.63, 3.8) is 0 Å². The molecule has 0 spiro atoms. The molecule has 0 radical (unpaired) electrons. The molecule has 0 bridgehead atoms. The molecule has 2 N–H and O–H groups in total. The van der Waals surface area contributed by atoms with E-state index in [0.717, 1.165) is 45.7 Å². The van der Waals surface area contributed by atoms with Crippen molar-refractivity contribution in [3.05, 3.63) is 10.6 Å². The summed E-state index contributed by atoms with van der Waals surface area (Å²) in [4.78, 5) is 10.9. The molecule has 1 aliphatic heterocycles. The van der Waals surface area contributed by atoms with E-state index in [1.165, 1.54) is 15.7 Å². The van der Waals surface area contributed by atoms with E-state index in [1.54, 1.807) is 0 Å². The van der Waals surface area contributed by atoms with E-state index in [-0.39, 0.29) is 0 Å². The van der Waals surface area contributed by atoms with Gasteiger partial charge in [0, 0.05) is 31.1 Å². The van der Waals surface area contributed by atoms with Crippen molar-refractivity contribution in [2.75, 3.05) is 44.2 Å². The first-order chi connectivity index (χ1) is 8.20. The largest absolute Gasteiger partial charge is 0.346 e. The average Bonchev–Trinajstić information content (AvgIpc) is 2.68. The predicted octanol–water partition coefficient (Wildman–Crippen LogP) is 1.23. The zero-order valence-corrected chi connectivity index (χ0v) is 11.6. The van der Waals surface area contributed by atoms with E-state index in [0.29, 0.717) is 0 Å². The second-order valence-electron chi connectivity index (χ2n) is 4.61. The molecular formula is C12H22N4S. The highest BCUT2D eigenvalue weighted by atomic mass is 32.1. The maximum Gasteiger partial charge on any atom is 0.185 e. The first-order valence-corrected chi connectivity index (χ1v) is 7.13. The topological polar surface area (TPSA) is 45.4 Å². The van der Waals surface area contributed by atoms with Gasteiger partial charge in [-0.3, -0.25) is 4.90 Å². The molecule has 17 heavy (non-hydrogen) atoms. The Hall–Kier alpha value is -0.650. The minimum Gasteiger partial charge on any atom is -0.346 e. The number of thiazole rings is 1. The third-order valence-corrected chi connectivity index (χ3v) is 4.47. The van der Waals surface area contributed by atoms with Gasteiger partial charge in [0.25, 0.3) is 0 Å². The fraction of sp³-hybridized carbons (Fsp3) is 0.750. The second kappa shape index (κ2) is 5.80. The lowest BCUT2D eigenvalue weighted by Crippen LogP contribution is -2.46. The first-order valence-electron chi connectivity index (χ1n) is 6.32.